The molecular weight excluding hydrogens is 432 g/mol. The second-order valence-corrected chi connectivity index (χ2v) is 8.28. The lowest BCUT2D eigenvalue weighted by Gasteiger charge is -2.44. The molecule has 0 radical (unpaired) electrons. The Morgan fingerprint density at radius 2 is 1.88 bits per heavy atom. The summed E-state index contributed by atoms with van der Waals surface area (Å²) in [5.41, 5.74) is 0.0418. The summed E-state index contributed by atoms with van der Waals surface area (Å²) in [4.78, 5) is 40.6. The Morgan fingerprint density at radius 3 is 2.44 bits per heavy atom. The lowest BCUT2D eigenvalue weighted by atomic mass is 9.63. The number of carbonyl (C=O) groups is 2. The third kappa shape index (κ3) is 3.33. The van der Waals surface area contributed by atoms with Gasteiger partial charge in [-0.05, 0) is 19.4 Å². The van der Waals surface area contributed by atoms with E-state index in [-0.39, 0.29) is 28.8 Å². The van der Waals surface area contributed by atoms with Crippen LogP contribution in [0.25, 0.3) is 0 Å². The first kappa shape index (κ1) is 23.3. The summed E-state index contributed by atoms with van der Waals surface area (Å²) < 4.78 is 10.3. The van der Waals surface area contributed by atoms with Crippen LogP contribution in [-0.4, -0.2) is 48.3 Å². The Kier molecular flexibility index (Phi) is 6.59. The molecule has 3 rings (SSSR count). The normalized spacial score (nSPS) is 19.7. The number of nitro benzene ring substituents is 1. The van der Waals surface area contributed by atoms with Crippen LogP contribution in [0.3, 0.4) is 0 Å². The van der Waals surface area contributed by atoms with E-state index in [1.807, 2.05) is 4.90 Å². The van der Waals surface area contributed by atoms with Gasteiger partial charge in [-0.15, -0.1) is 24.9 Å². The van der Waals surface area contributed by atoms with Crippen LogP contribution >= 0.6 is 11.8 Å². The molecule has 0 amide bonds. The molecule has 0 saturated heterocycles. The van der Waals surface area contributed by atoms with Crippen molar-refractivity contribution in [2.24, 2.45) is 0 Å². The number of carbonyl (C=O) groups excluding carboxylic acids is 2. The van der Waals surface area contributed by atoms with Gasteiger partial charge in [-0.25, -0.2) is 9.59 Å². The van der Waals surface area contributed by atoms with Crippen molar-refractivity contribution in [1.82, 2.24) is 4.90 Å². The molecule has 32 heavy (non-hydrogen) atoms. The first-order valence-electron chi connectivity index (χ1n) is 9.81. The first-order valence-corrected chi connectivity index (χ1v) is 10.8. The largest absolute Gasteiger partial charge is 0.466 e. The van der Waals surface area contributed by atoms with Crippen LogP contribution < -0.4 is 0 Å². The minimum Gasteiger partial charge on any atom is -0.466 e. The van der Waals surface area contributed by atoms with Gasteiger partial charge in [0.2, 0.25) is 0 Å². The average molecular weight is 457 g/mol. The van der Waals surface area contributed by atoms with Crippen molar-refractivity contribution in [3.05, 3.63) is 81.7 Å². The van der Waals surface area contributed by atoms with Crippen LogP contribution in [-0.2, 0) is 24.5 Å². The molecule has 1 aromatic rings. The second-order valence-electron chi connectivity index (χ2n) is 7.26. The summed E-state index contributed by atoms with van der Waals surface area (Å²) in [5.74, 6) is -1.01. The molecule has 2 aliphatic rings. The van der Waals surface area contributed by atoms with Gasteiger partial charge in [0.15, 0.2) is 0 Å². The lowest BCUT2D eigenvalue weighted by molar-refractivity contribution is -0.386. The Bertz CT molecular complexity index is 1090. The van der Waals surface area contributed by atoms with Crippen molar-refractivity contribution in [1.29, 1.82) is 0 Å². The molecule has 168 valence electrons. The fourth-order valence-electron chi connectivity index (χ4n) is 4.64. The average Bonchev–Trinajstić information content (AvgIpc) is 2.89. The highest BCUT2D eigenvalue weighted by Crippen LogP contribution is 2.57. The van der Waals surface area contributed by atoms with Crippen molar-refractivity contribution in [3.63, 3.8) is 0 Å². The van der Waals surface area contributed by atoms with E-state index in [0.717, 1.165) is 0 Å². The lowest BCUT2D eigenvalue weighted by Crippen LogP contribution is -2.47. The number of allylic oxidation sites excluding steroid dienone is 2. The monoisotopic (exact) mass is 456 g/mol. The molecular formula is C23H24N2O6S. The van der Waals surface area contributed by atoms with Gasteiger partial charge in [-0.3, -0.25) is 10.1 Å². The van der Waals surface area contributed by atoms with E-state index >= 15 is 0 Å². The molecule has 2 aliphatic heterocycles. The predicted molar refractivity (Wildman–Crippen MR) is 121 cm³/mol. The zero-order chi connectivity index (χ0) is 23.6. The predicted octanol–water partition coefficient (Wildman–Crippen LogP) is 3.89. The topological polar surface area (TPSA) is 99.0 Å². The zero-order valence-corrected chi connectivity index (χ0v) is 19.0. The third-order valence-corrected chi connectivity index (χ3v) is 6.84. The van der Waals surface area contributed by atoms with Crippen molar-refractivity contribution >= 4 is 29.4 Å². The number of fused-ring (bicyclic) bond motifs is 3. The van der Waals surface area contributed by atoms with Gasteiger partial charge in [-0.1, -0.05) is 18.2 Å². The molecule has 0 N–H and O–H groups in total. The number of esters is 2. The highest BCUT2D eigenvalue weighted by Gasteiger charge is 2.56. The van der Waals surface area contributed by atoms with Crippen molar-refractivity contribution < 1.29 is 24.0 Å². The Balaban J connectivity index is 2.61. The molecule has 0 aromatic heterocycles. The SMILES string of the molecule is C=CCN1C(C)=C(C(=O)OC)C2(CC=C)C(C(=O)OC)=C1CSc1cccc([N+](=O)[O-])c12. The minimum absolute atomic E-state index is 0.0586. The molecule has 1 atom stereocenters. The smallest absolute Gasteiger partial charge is 0.336 e. The quantitative estimate of drug-likeness (QED) is 0.264. The maximum absolute atomic E-state index is 13.3. The number of ether oxygens (including phenoxy) is 2. The van der Waals surface area contributed by atoms with E-state index in [0.29, 0.717) is 28.6 Å². The van der Waals surface area contributed by atoms with Gasteiger partial charge in [0.25, 0.3) is 5.69 Å². The van der Waals surface area contributed by atoms with E-state index in [2.05, 4.69) is 13.2 Å². The Morgan fingerprint density at radius 1 is 1.22 bits per heavy atom. The number of rotatable bonds is 7. The summed E-state index contributed by atoms with van der Waals surface area (Å²) in [5, 5.41) is 12.1. The van der Waals surface area contributed by atoms with Crippen LogP contribution in [0.5, 0.6) is 0 Å². The van der Waals surface area contributed by atoms with Gasteiger partial charge in [-0.2, -0.15) is 0 Å². The van der Waals surface area contributed by atoms with E-state index in [1.54, 1.807) is 31.2 Å². The Labute approximate surface area is 190 Å². The van der Waals surface area contributed by atoms with Gasteiger partial charge in [0.1, 0.15) is 0 Å². The van der Waals surface area contributed by atoms with Crippen LogP contribution in [0.15, 0.2) is 70.9 Å². The fourth-order valence-corrected chi connectivity index (χ4v) is 5.83. The van der Waals surface area contributed by atoms with Gasteiger partial charge < -0.3 is 14.4 Å². The van der Waals surface area contributed by atoms with E-state index in [4.69, 9.17) is 9.47 Å². The number of hydrogen-bond acceptors (Lipinski definition) is 8. The number of nitro groups is 1. The minimum atomic E-state index is -1.50. The van der Waals surface area contributed by atoms with Crippen LogP contribution in [0, 0.1) is 10.1 Å². The zero-order valence-electron chi connectivity index (χ0n) is 18.2. The summed E-state index contributed by atoms with van der Waals surface area (Å²) in [6.07, 6.45) is 3.27. The molecule has 0 aliphatic carbocycles. The van der Waals surface area contributed by atoms with Gasteiger partial charge in [0, 0.05) is 34.7 Å². The summed E-state index contributed by atoms with van der Waals surface area (Å²) in [6.45, 7) is 9.70. The van der Waals surface area contributed by atoms with E-state index < -0.39 is 22.3 Å². The fraction of sp³-hybridized carbons (Fsp3) is 0.304. The molecule has 2 bridgehead atoms. The number of nitrogens with zero attached hydrogens (tertiary/aromatic N) is 2. The van der Waals surface area contributed by atoms with Crippen molar-refractivity contribution in [2.45, 2.75) is 23.7 Å². The molecule has 0 fully saturated rings. The van der Waals surface area contributed by atoms with Gasteiger partial charge in [0.05, 0.1) is 41.3 Å². The van der Waals surface area contributed by atoms with Crippen molar-refractivity contribution in [2.75, 3.05) is 26.5 Å². The maximum Gasteiger partial charge on any atom is 0.336 e. The summed E-state index contributed by atoms with van der Waals surface area (Å²) in [6, 6.07) is 4.74. The number of benzene rings is 1. The standard InChI is InChI=1S/C23H24N2O6S/c1-6-11-23-18(21(26)30-4)14(3)24(12-7-2)16(20(23)22(27)31-5)13-32-17-10-8-9-15(19(17)23)25(28)29/h6-10H,1-2,11-13H2,3-5H3. The molecule has 1 unspecified atom stereocenters. The molecule has 9 heteroatoms. The summed E-state index contributed by atoms with van der Waals surface area (Å²) in [7, 11) is 2.49. The van der Waals surface area contributed by atoms with Crippen LogP contribution in [0.4, 0.5) is 5.69 Å². The van der Waals surface area contributed by atoms with E-state index in [9.17, 15) is 19.7 Å². The highest BCUT2D eigenvalue weighted by molar-refractivity contribution is 7.99. The van der Waals surface area contributed by atoms with Gasteiger partial charge >= 0.3 is 11.9 Å². The second kappa shape index (κ2) is 9.04. The summed E-state index contributed by atoms with van der Waals surface area (Å²) >= 11 is 1.37. The number of methoxy groups -OCH3 is 2. The third-order valence-electron chi connectivity index (χ3n) is 5.77. The highest BCUT2D eigenvalue weighted by atomic mass is 32.2. The molecule has 8 nitrogen and oxygen atoms in total. The van der Waals surface area contributed by atoms with Crippen molar-refractivity contribution in [3.8, 4) is 0 Å². The van der Waals surface area contributed by atoms with E-state index in [1.165, 1.54) is 32.0 Å². The number of thioether (sulfide) groups is 1. The first-order chi connectivity index (χ1) is 15.3. The van der Waals surface area contributed by atoms with Crippen LogP contribution in [0.1, 0.15) is 18.9 Å². The molecule has 0 saturated carbocycles. The van der Waals surface area contributed by atoms with Crippen LogP contribution in [0.2, 0.25) is 0 Å². The maximum atomic E-state index is 13.3. The molecule has 2 heterocycles. The molecule has 1 aromatic carbocycles. The number of hydrogen-bond donors (Lipinski definition) is 0. The Hall–Kier alpha value is -3.33. The molecule has 0 spiro atoms.